The molecule has 1 aromatic heterocycles. The normalized spacial score (nSPS) is 12.8. The molecule has 0 fully saturated rings. The van der Waals surface area contributed by atoms with Crippen molar-refractivity contribution in [3.63, 3.8) is 0 Å². The molecule has 0 saturated carbocycles. The van der Waals surface area contributed by atoms with Crippen LogP contribution in [-0.2, 0) is 9.84 Å². The van der Waals surface area contributed by atoms with Crippen molar-refractivity contribution in [1.29, 1.82) is 0 Å². The molecule has 146 valence electrons. The summed E-state index contributed by atoms with van der Waals surface area (Å²) in [7, 11) is -2.63. The monoisotopic (exact) mass is 410 g/mol. The van der Waals surface area contributed by atoms with Crippen LogP contribution in [0.5, 0.6) is 11.5 Å². The average molecular weight is 410 g/mol. The van der Waals surface area contributed by atoms with Crippen LogP contribution in [0.3, 0.4) is 0 Å². The lowest BCUT2D eigenvalue weighted by atomic mass is 9.99. The zero-order chi connectivity index (χ0) is 20.3. The van der Waals surface area contributed by atoms with Crippen molar-refractivity contribution < 1.29 is 31.1 Å². The molecule has 4 aromatic rings. The van der Waals surface area contributed by atoms with Crippen LogP contribution in [0.2, 0.25) is 0 Å². The number of alkyl halides is 3. The average Bonchev–Trinajstić information content (AvgIpc) is 3.12. The van der Waals surface area contributed by atoms with Crippen LogP contribution >= 0.6 is 0 Å². The summed E-state index contributed by atoms with van der Waals surface area (Å²) in [4.78, 5) is 6.14. The van der Waals surface area contributed by atoms with Crippen molar-refractivity contribution >= 4 is 42.4 Å². The van der Waals surface area contributed by atoms with E-state index in [2.05, 4.69) is 9.97 Å². The van der Waals surface area contributed by atoms with E-state index in [4.69, 9.17) is 9.47 Å². The Balaban J connectivity index is 2.19. The maximum Gasteiger partial charge on any atom is 0.504 e. The standard InChI is InChI=1S/C18H13F3N2O4S/c1-26-9-3-5-11-13(7-9)14-8-10(27-2)4-6-12(14)16-15(11)22-17(23-16)28(24,25)18(19,20)21/h3-8H,1-2H3,(H,22,23). The highest BCUT2D eigenvalue weighted by molar-refractivity contribution is 7.92. The first-order chi connectivity index (χ1) is 13.2. The fourth-order valence-electron chi connectivity index (χ4n) is 3.15. The Hall–Kier alpha value is -3.01. The van der Waals surface area contributed by atoms with E-state index >= 15 is 0 Å². The molecule has 0 radical (unpaired) electrons. The van der Waals surface area contributed by atoms with Gasteiger partial charge in [-0.2, -0.15) is 13.2 Å². The maximum atomic E-state index is 13.0. The molecular formula is C18H13F3N2O4S. The van der Waals surface area contributed by atoms with Gasteiger partial charge >= 0.3 is 15.3 Å². The van der Waals surface area contributed by atoms with Crippen LogP contribution in [0.4, 0.5) is 13.2 Å². The first kappa shape index (κ1) is 18.4. The molecule has 0 bridgehead atoms. The summed E-state index contributed by atoms with van der Waals surface area (Å²) < 4.78 is 73.1. The number of fused-ring (bicyclic) bond motifs is 6. The van der Waals surface area contributed by atoms with Crippen LogP contribution in [0, 0.1) is 0 Å². The number of benzene rings is 3. The molecule has 0 spiro atoms. The van der Waals surface area contributed by atoms with Crippen molar-refractivity contribution in [2.75, 3.05) is 14.2 Å². The van der Waals surface area contributed by atoms with Crippen LogP contribution in [0.1, 0.15) is 0 Å². The van der Waals surface area contributed by atoms with Crippen molar-refractivity contribution in [2.45, 2.75) is 10.7 Å². The van der Waals surface area contributed by atoms with Gasteiger partial charge in [-0.05, 0) is 47.2 Å². The van der Waals surface area contributed by atoms with Gasteiger partial charge in [0.15, 0.2) is 0 Å². The molecule has 6 nitrogen and oxygen atoms in total. The second kappa shape index (κ2) is 5.99. The van der Waals surface area contributed by atoms with E-state index in [1.165, 1.54) is 14.2 Å². The first-order valence-corrected chi connectivity index (χ1v) is 9.44. The fourth-order valence-corrected chi connectivity index (χ4v) is 3.82. The topological polar surface area (TPSA) is 81.3 Å². The molecule has 0 atom stereocenters. The Kier molecular flexibility index (Phi) is 3.93. The third-order valence-electron chi connectivity index (χ3n) is 4.51. The molecule has 0 amide bonds. The summed E-state index contributed by atoms with van der Waals surface area (Å²) in [6.45, 7) is 0. The van der Waals surface area contributed by atoms with Gasteiger partial charge in [0, 0.05) is 10.8 Å². The lowest BCUT2D eigenvalue weighted by molar-refractivity contribution is -0.0439. The zero-order valence-electron chi connectivity index (χ0n) is 14.6. The smallest absolute Gasteiger partial charge is 0.497 e. The number of hydrogen-bond acceptors (Lipinski definition) is 5. The Morgan fingerprint density at radius 3 is 1.96 bits per heavy atom. The van der Waals surface area contributed by atoms with E-state index in [9.17, 15) is 21.6 Å². The molecule has 3 aromatic carbocycles. The predicted molar refractivity (Wildman–Crippen MR) is 97.5 cm³/mol. The van der Waals surface area contributed by atoms with Gasteiger partial charge < -0.3 is 14.5 Å². The lowest BCUT2D eigenvalue weighted by Crippen LogP contribution is -2.24. The van der Waals surface area contributed by atoms with E-state index in [1.807, 2.05) is 0 Å². The quantitative estimate of drug-likeness (QED) is 0.513. The second-order valence-corrected chi connectivity index (χ2v) is 7.89. The van der Waals surface area contributed by atoms with Crippen LogP contribution in [0.25, 0.3) is 32.6 Å². The zero-order valence-corrected chi connectivity index (χ0v) is 15.4. The van der Waals surface area contributed by atoms with Gasteiger partial charge in [0.2, 0.25) is 5.16 Å². The summed E-state index contributed by atoms with van der Waals surface area (Å²) in [5.74, 6) is 1.08. The largest absolute Gasteiger partial charge is 0.504 e. The van der Waals surface area contributed by atoms with E-state index in [-0.39, 0.29) is 11.0 Å². The number of halogens is 3. The highest BCUT2D eigenvalue weighted by atomic mass is 32.2. The summed E-state index contributed by atoms with van der Waals surface area (Å²) in [6, 6.07) is 9.95. The van der Waals surface area contributed by atoms with Gasteiger partial charge in [0.1, 0.15) is 11.5 Å². The summed E-state index contributed by atoms with van der Waals surface area (Å²) >= 11 is 0. The van der Waals surface area contributed by atoms with Crippen molar-refractivity contribution in [2.24, 2.45) is 0 Å². The number of nitrogens with zero attached hydrogens (tertiary/aromatic N) is 1. The molecule has 1 N–H and O–H groups in total. The van der Waals surface area contributed by atoms with E-state index in [0.717, 1.165) is 0 Å². The second-order valence-electron chi connectivity index (χ2n) is 6.04. The Labute approximate surface area is 156 Å². The fraction of sp³-hybridized carbons (Fsp3) is 0.167. The first-order valence-electron chi connectivity index (χ1n) is 7.96. The van der Waals surface area contributed by atoms with Crippen LogP contribution < -0.4 is 9.47 Å². The van der Waals surface area contributed by atoms with Crippen LogP contribution in [0.15, 0.2) is 41.6 Å². The third kappa shape index (κ3) is 2.55. The number of hydrogen-bond donors (Lipinski definition) is 1. The SMILES string of the molecule is COc1ccc2c(c1)c1cc(OC)ccc1c1[nH]c(S(=O)(=O)C(F)(F)F)nc21. The maximum absolute atomic E-state index is 13.0. The number of sulfone groups is 1. The minimum Gasteiger partial charge on any atom is -0.497 e. The summed E-state index contributed by atoms with van der Waals surface area (Å²) in [6.07, 6.45) is 0. The van der Waals surface area contributed by atoms with Crippen molar-refractivity contribution in [3.8, 4) is 11.5 Å². The number of H-pyrrole nitrogens is 1. The van der Waals surface area contributed by atoms with Gasteiger partial charge in [-0.25, -0.2) is 13.4 Å². The number of aromatic amines is 1. The Morgan fingerprint density at radius 1 is 0.893 bits per heavy atom. The number of imidazole rings is 1. The molecular weight excluding hydrogens is 397 g/mol. The molecule has 4 rings (SSSR count). The highest BCUT2D eigenvalue weighted by Gasteiger charge is 2.49. The summed E-state index contributed by atoms with van der Waals surface area (Å²) in [5, 5.41) is 1.14. The molecule has 0 unspecified atom stereocenters. The van der Waals surface area contributed by atoms with E-state index in [1.54, 1.807) is 36.4 Å². The van der Waals surface area contributed by atoms with Crippen molar-refractivity contribution in [3.05, 3.63) is 36.4 Å². The van der Waals surface area contributed by atoms with E-state index in [0.29, 0.717) is 33.0 Å². The Morgan fingerprint density at radius 2 is 1.43 bits per heavy atom. The summed E-state index contributed by atoms with van der Waals surface area (Å²) in [5.41, 5.74) is -5.14. The van der Waals surface area contributed by atoms with Crippen LogP contribution in [-0.4, -0.2) is 38.1 Å². The molecule has 10 heteroatoms. The van der Waals surface area contributed by atoms with Gasteiger partial charge in [0.05, 0.1) is 25.3 Å². The highest BCUT2D eigenvalue weighted by Crippen LogP contribution is 2.39. The third-order valence-corrected chi connectivity index (χ3v) is 5.82. The van der Waals surface area contributed by atoms with Gasteiger partial charge in [0.25, 0.3) is 0 Å². The van der Waals surface area contributed by atoms with Gasteiger partial charge in [-0.3, -0.25) is 0 Å². The Bertz CT molecular complexity index is 1260. The predicted octanol–water partition coefficient (Wildman–Crippen LogP) is 4.18. The minimum atomic E-state index is -5.62. The number of rotatable bonds is 3. The van der Waals surface area contributed by atoms with E-state index < -0.39 is 20.5 Å². The van der Waals surface area contributed by atoms with Gasteiger partial charge in [-0.1, -0.05) is 0 Å². The number of aromatic nitrogens is 2. The van der Waals surface area contributed by atoms with Crippen molar-refractivity contribution in [1.82, 2.24) is 9.97 Å². The number of methoxy groups -OCH3 is 2. The molecule has 0 saturated heterocycles. The molecule has 28 heavy (non-hydrogen) atoms. The number of ether oxygens (including phenoxy) is 2. The molecule has 0 aliphatic rings. The lowest BCUT2D eigenvalue weighted by Gasteiger charge is -2.09. The number of nitrogens with one attached hydrogen (secondary N) is 1. The molecule has 0 aliphatic carbocycles. The van der Waals surface area contributed by atoms with Gasteiger partial charge in [-0.15, -0.1) is 0 Å². The molecule has 0 aliphatic heterocycles. The minimum absolute atomic E-state index is 0.123. The molecule has 1 heterocycles.